The van der Waals surface area contributed by atoms with Crippen molar-refractivity contribution in [3.8, 4) is 29.0 Å². The fourth-order valence-corrected chi connectivity index (χ4v) is 29.5. The minimum atomic E-state index is -3.80. The fourth-order valence-electron chi connectivity index (χ4n) is 14.7. The molecule has 0 aliphatic carbocycles. The van der Waals surface area contributed by atoms with Gasteiger partial charge in [0.15, 0.2) is 0 Å². The van der Waals surface area contributed by atoms with Crippen LogP contribution < -0.4 is 38.3 Å². The van der Waals surface area contributed by atoms with E-state index in [4.69, 9.17) is 15.0 Å². The van der Waals surface area contributed by atoms with Crippen molar-refractivity contribution in [2.24, 2.45) is 0 Å². The molecule has 0 unspecified atom stereocenters. The van der Waals surface area contributed by atoms with Crippen LogP contribution in [0.4, 0.5) is 0 Å². The second-order valence-corrected chi connectivity index (χ2v) is 34.8. The average molecular weight is 1210 g/mol. The Morgan fingerprint density at radius 2 is 0.674 bits per heavy atom. The third-order valence-corrected chi connectivity index (χ3v) is 33.2. The maximum absolute atomic E-state index is 5.84. The molecule has 0 bridgehead atoms. The first-order valence-electron chi connectivity index (χ1n) is 30.4. The molecule has 0 saturated carbocycles. The van der Waals surface area contributed by atoms with Gasteiger partial charge in [-0.3, -0.25) is 0 Å². The molecule has 0 saturated heterocycles. The van der Waals surface area contributed by atoms with Crippen LogP contribution in [0, 0.1) is 0 Å². The number of benzene rings is 13. The summed E-state index contributed by atoms with van der Waals surface area (Å²) in [4.78, 5) is 17.4. The first-order valence-corrected chi connectivity index (χ1v) is 36.6. The maximum atomic E-state index is 5.84. The summed E-state index contributed by atoms with van der Waals surface area (Å²) in [5.74, 6) is 1.63. The van der Waals surface area contributed by atoms with Crippen molar-refractivity contribution in [3.63, 3.8) is 0 Å². The molecule has 17 rings (SSSR count). The molecule has 8 heteroatoms. The van der Waals surface area contributed by atoms with Crippen molar-refractivity contribution < 1.29 is 0 Å². The quantitative estimate of drug-likeness (QED) is 0.0905. The van der Waals surface area contributed by atoms with Gasteiger partial charge >= 0.3 is 379 Å². The molecule has 4 heterocycles. The van der Waals surface area contributed by atoms with Crippen LogP contribution in [0.15, 0.2) is 340 Å². The predicted octanol–water partition coefficient (Wildman–Crippen LogP) is 13.6. The topological polar surface area (TPSA) is 53.5 Å². The number of hydrogen-bond donors (Lipinski definition) is 0. The Morgan fingerprint density at radius 3 is 1.22 bits per heavy atom. The van der Waals surface area contributed by atoms with Gasteiger partial charge in [0.05, 0.1) is 0 Å². The molecule has 0 N–H and O–H groups in total. The first-order chi connectivity index (χ1) is 44.2. The molecule has 4 aromatic heterocycles. The largest absolute Gasteiger partial charge is 0.0602 e. The predicted molar refractivity (Wildman–Crippen MR) is 376 cm³/mol. The molecule has 0 radical (unpaired) electrons. The van der Waals surface area contributed by atoms with E-state index >= 15 is 0 Å². The summed E-state index contributed by atoms with van der Waals surface area (Å²) in [5.41, 5.74) is 8.28. The van der Waals surface area contributed by atoms with Crippen LogP contribution in [0.3, 0.4) is 0 Å². The third kappa shape index (κ3) is 8.20. The van der Waals surface area contributed by atoms with E-state index in [0.29, 0.717) is 17.7 Å². The Kier molecular flexibility index (Phi) is 12.6. The molecule has 0 fully saturated rings. The smallest absolute Gasteiger partial charge is 0.0380 e. The van der Waals surface area contributed by atoms with E-state index in [9.17, 15) is 0 Å². The van der Waals surface area contributed by atoms with Crippen LogP contribution in [0.5, 0.6) is 0 Å². The monoisotopic (exact) mass is 1210 g/mol. The van der Waals surface area contributed by atoms with Crippen molar-refractivity contribution in [1.82, 2.24) is 28.7 Å². The van der Waals surface area contributed by atoms with Crippen molar-refractivity contribution in [1.29, 1.82) is 0 Å². The summed E-state index contributed by atoms with van der Waals surface area (Å²) in [6.07, 6.45) is 0. The Balaban J connectivity index is 0.978. The summed E-state index contributed by atoms with van der Waals surface area (Å²) >= 11 is -3.80. The Morgan fingerprint density at radius 1 is 0.258 bits per heavy atom. The van der Waals surface area contributed by atoms with E-state index in [1.807, 2.05) is 0 Å². The van der Waals surface area contributed by atoms with E-state index < -0.39 is 21.3 Å². The van der Waals surface area contributed by atoms with Gasteiger partial charge in [-0.25, -0.2) is 0 Å². The van der Waals surface area contributed by atoms with Crippen LogP contribution in [-0.4, -0.2) is 50.0 Å². The fraction of sp³-hybridized carbons (Fsp3) is 0. The van der Waals surface area contributed by atoms with Crippen molar-refractivity contribution in [3.05, 3.63) is 340 Å². The minimum Gasteiger partial charge on any atom is -0.0602 e. The van der Waals surface area contributed by atoms with Gasteiger partial charge in [0.1, 0.15) is 0 Å². The van der Waals surface area contributed by atoms with Crippen LogP contribution >= 0.6 is 0 Å². The normalized spacial score (nSPS) is 12.0. The molecule has 6 nitrogen and oxygen atoms in total. The standard InChI is InChI=1S/C81H56GeN6Si/c1-8-30-58(31-9-1)82(59-32-10-2-11-33-59,60-34-12-3-13-35-60)61-36-28-29-57(55-61)79-83-80(85-81(84-79)88-73-49-26-22-45-67(73)69-52-54-76-77(78(69)88)70-47-24-27-50-74(70)86(76)62-37-14-4-15-38-62)87-72-48-25-23-46-68(72)71-56-66(51-53-75(71)87)89(63-39-16-5-17-40-63,64-41-18-6-19-42-64)65-43-20-7-21-44-65/h1-56H. The summed E-state index contributed by atoms with van der Waals surface area (Å²) < 4.78 is 12.3. The SMILES string of the molecule is c1ccc(-n2c3ccccc3c3c2ccc2c4ccccc4n(-c4nc(-c5ccc[c]([Ge]([c]6ccccc6)([c]6ccccc6)[c]6ccccc6)c5)nc(-n5c6ccccc6c6cc([Si](c7ccccc7)(c7ccccc7)c7ccccc7)ccc65)n4)c23)cc1. The zero-order valence-corrected chi connectivity index (χ0v) is 51.6. The van der Waals surface area contributed by atoms with Crippen LogP contribution in [0.25, 0.3) is 94.4 Å². The van der Waals surface area contributed by atoms with E-state index in [0.717, 1.165) is 76.7 Å². The number of rotatable bonds is 12. The molecular weight excluding hydrogens is 1160 g/mol. The van der Waals surface area contributed by atoms with E-state index in [1.165, 1.54) is 38.3 Å². The van der Waals surface area contributed by atoms with Gasteiger partial charge in [0.25, 0.3) is 0 Å². The van der Waals surface area contributed by atoms with Crippen molar-refractivity contribution in [2.45, 2.75) is 0 Å². The van der Waals surface area contributed by atoms with Crippen molar-refractivity contribution in [2.75, 3.05) is 0 Å². The number of para-hydroxylation sites is 4. The van der Waals surface area contributed by atoms with Gasteiger partial charge in [0, 0.05) is 0 Å². The molecule has 17 aromatic rings. The number of aromatic nitrogens is 6. The van der Waals surface area contributed by atoms with Crippen LogP contribution in [-0.2, 0) is 0 Å². The van der Waals surface area contributed by atoms with Crippen molar-refractivity contribution >= 4 is 125 Å². The van der Waals surface area contributed by atoms with Crippen LogP contribution in [0.1, 0.15) is 0 Å². The maximum Gasteiger partial charge on any atom is -0.0380 e. The molecule has 89 heavy (non-hydrogen) atoms. The third-order valence-electron chi connectivity index (χ3n) is 18.4. The second kappa shape index (κ2) is 21.5. The van der Waals surface area contributed by atoms with Gasteiger partial charge in [-0.1, -0.05) is 115 Å². The van der Waals surface area contributed by atoms with E-state index in [2.05, 4.69) is 353 Å². The van der Waals surface area contributed by atoms with Crippen LogP contribution in [0.2, 0.25) is 0 Å². The van der Waals surface area contributed by atoms with Gasteiger partial charge in [-0.05, 0) is 27.7 Å². The Bertz CT molecular complexity index is 5290. The molecule has 13 aromatic carbocycles. The average Bonchev–Trinajstić information content (AvgIpc) is 1.69. The first kappa shape index (κ1) is 52.4. The summed E-state index contributed by atoms with van der Waals surface area (Å²) in [6.45, 7) is 0. The molecular formula is C81H56GeN6Si. The Labute approximate surface area is 518 Å². The summed E-state index contributed by atoms with van der Waals surface area (Å²) in [7, 11) is -2.93. The molecule has 0 amide bonds. The molecule has 0 aliphatic rings. The van der Waals surface area contributed by atoms with Gasteiger partial charge < -0.3 is 0 Å². The number of nitrogens with zero attached hydrogens (tertiary/aromatic N) is 6. The number of fused-ring (bicyclic) bond motifs is 10. The molecule has 0 aliphatic heterocycles. The summed E-state index contributed by atoms with van der Waals surface area (Å²) in [5, 5.41) is 12.0. The number of hydrogen-bond acceptors (Lipinski definition) is 3. The Hall–Kier alpha value is -11.0. The summed E-state index contributed by atoms with van der Waals surface area (Å²) in [6, 6.07) is 125. The molecule has 418 valence electrons. The van der Waals surface area contributed by atoms with E-state index in [1.54, 1.807) is 0 Å². The van der Waals surface area contributed by atoms with Gasteiger partial charge in [0.2, 0.25) is 0 Å². The van der Waals surface area contributed by atoms with E-state index in [-0.39, 0.29) is 0 Å². The second-order valence-electron chi connectivity index (χ2n) is 23.0. The zero-order chi connectivity index (χ0) is 58.9. The van der Waals surface area contributed by atoms with Gasteiger partial charge in [-0.15, -0.1) is 0 Å². The molecule has 0 spiro atoms. The molecule has 0 atom stereocenters. The zero-order valence-electron chi connectivity index (χ0n) is 48.5. The minimum absolute atomic E-state index is 0.527. The van der Waals surface area contributed by atoms with Gasteiger partial charge in [-0.2, -0.15) is 0 Å².